The number of nitro groups is 1. The Labute approximate surface area is 123 Å². The molecule has 2 N–H and O–H groups in total. The predicted octanol–water partition coefficient (Wildman–Crippen LogP) is 1.27. The number of nitrogens with two attached hydrogens (primary N) is 1. The van der Waals surface area contributed by atoms with Crippen molar-refractivity contribution in [1.29, 1.82) is 0 Å². The summed E-state index contributed by atoms with van der Waals surface area (Å²) < 4.78 is 27.0. The number of nitro benzene ring substituents is 1. The lowest BCUT2D eigenvalue weighted by molar-refractivity contribution is -0.385. The Morgan fingerprint density at radius 2 is 2.19 bits per heavy atom. The quantitative estimate of drug-likeness (QED) is 0.650. The fourth-order valence-corrected chi connectivity index (χ4v) is 4.70. The van der Waals surface area contributed by atoms with E-state index in [2.05, 4.69) is 0 Å². The summed E-state index contributed by atoms with van der Waals surface area (Å²) in [6, 6.07) is 3.78. The van der Waals surface area contributed by atoms with Gasteiger partial charge in [-0.3, -0.25) is 10.1 Å². The first-order valence-corrected chi connectivity index (χ1v) is 8.35. The van der Waals surface area contributed by atoms with Crippen molar-refractivity contribution >= 4 is 15.7 Å². The Hall–Kier alpha value is -1.51. The smallest absolute Gasteiger partial charge is 0.270 e. The molecule has 7 nitrogen and oxygen atoms in total. The summed E-state index contributed by atoms with van der Waals surface area (Å²) in [6.45, 7) is 2.50. The molecule has 1 aliphatic rings. The molecule has 0 spiro atoms. The lowest BCUT2D eigenvalue weighted by atomic mass is 10.1. The maximum atomic E-state index is 12.8. The molecule has 1 aromatic rings. The van der Waals surface area contributed by atoms with Crippen molar-refractivity contribution in [1.82, 2.24) is 4.31 Å². The zero-order valence-corrected chi connectivity index (χ0v) is 12.7. The predicted molar refractivity (Wildman–Crippen MR) is 78.4 cm³/mol. The van der Waals surface area contributed by atoms with Gasteiger partial charge in [0.05, 0.1) is 9.82 Å². The number of aryl methyl sites for hydroxylation is 1. The van der Waals surface area contributed by atoms with Gasteiger partial charge in [-0.1, -0.05) is 13.0 Å². The Kier molecular flexibility index (Phi) is 4.60. The maximum absolute atomic E-state index is 12.8. The molecule has 0 radical (unpaired) electrons. The fourth-order valence-electron chi connectivity index (χ4n) is 2.68. The highest BCUT2D eigenvalue weighted by Crippen LogP contribution is 2.30. The van der Waals surface area contributed by atoms with E-state index in [4.69, 9.17) is 5.73 Å². The van der Waals surface area contributed by atoms with Crippen molar-refractivity contribution in [2.75, 3.05) is 13.1 Å². The van der Waals surface area contributed by atoms with E-state index in [9.17, 15) is 18.5 Å². The van der Waals surface area contributed by atoms with Crippen molar-refractivity contribution in [3.63, 3.8) is 0 Å². The molecule has 0 bridgehead atoms. The van der Waals surface area contributed by atoms with Crippen LogP contribution in [0.15, 0.2) is 23.1 Å². The van der Waals surface area contributed by atoms with Crippen LogP contribution in [0.3, 0.4) is 0 Å². The molecule has 2 rings (SSSR count). The fraction of sp³-hybridized carbons (Fsp3) is 0.538. The first kappa shape index (κ1) is 15.9. The van der Waals surface area contributed by atoms with Gasteiger partial charge in [0.1, 0.15) is 0 Å². The molecule has 1 unspecified atom stereocenters. The molecular weight excluding hydrogens is 294 g/mol. The van der Waals surface area contributed by atoms with Gasteiger partial charge in [0.2, 0.25) is 10.0 Å². The first-order valence-electron chi connectivity index (χ1n) is 6.91. The third-order valence-corrected chi connectivity index (χ3v) is 5.86. The number of sulfonamides is 1. The van der Waals surface area contributed by atoms with E-state index in [1.54, 1.807) is 0 Å². The molecule has 0 saturated carbocycles. The molecule has 1 heterocycles. The molecular formula is C13H19N3O4S. The largest absolute Gasteiger partial charge is 0.329 e. The summed E-state index contributed by atoms with van der Waals surface area (Å²) in [5.74, 6) is 0. The Morgan fingerprint density at radius 1 is 1.48 bits per heavy atom. The van der Waals surface area contributed by atoms with E-state index in [1.165, 1.54) is 16.4 Å². The third-order valence-electron chi connectivity index (χ3n) is 3.82. The lowest BCUT2D eigenvalue weighted by Crippen LogP contribution is -2.40. The van der Waals surface area contributed by atoms with Gasteiger partial charge < -0.3 is 5.73 Å². The van der Waals surface area contributed by atoms with E-state index in [-0.39, 0.29) is 23.2 Å². The van der Waals surface area contributed by atoms with Gasteiger partial charge in [-0.2, -0.15) is 4.31 Å². The molecule has 0 aromatic heterocycles. The molecule has 1 aromatic carbocycles. The van der Waals surface area contributed by atoms with Crippen molar-refractivity contribution in [3.8, 4) is 0 Å². The van der Waals surface area contributed by atoms with Crippen LogP contribution in [0, 0.1) is 10.1 Å². The highest BCUT2D eigenvalue weighted by molar-refractivity contribution is 7.89. The Balaban J connectivity index is 2.52. The zero-order valence-electron chi connectivity index (χ0n) is 11.9. The van der Waals surface area contributed by atoms with Gasteiger partial charge in [0, 0.05) is 31.3 Å². The normalized spacial score (nSPS) is 19.8. The van der Waals surface area contributed by atoms with Crippen LogP contribution < -0.4 is 5.73 Å². The van der Waals surface area contributed by atoms with Crippen LogP contribution in [-0.4, -0.2) is 36.8 Å². The van der Waals surface area contributed by atoms with Crippen LogP contribution in [0.1, 0.15) is 25.3 Å². The van der Waals surface area contributed by atoms with Gasteiger partial charge in [-0.25, -0.2) is 8.42 Å². The topological polar surface area (TPSA) is 107 Å². The van der Waals surface area contributed by atoms with Crippen LogP contribution in [-0.2, 0) is 16.4 Å². The van der Waals surface area contributed by atoms with Gasteiger partial charge in [0.15, 0.2) is 0 Å². The second kappa shape index (κ2) is 6.08. The first-order chi connectivity index (χ1) is 9.91. The minimum atomic E-state index is -3.75. The Bertz CT molecular complexity index is 645. The summed E-state index contributed by atoms with van der Waals surface area (Å²) in [5.41, 5.74) is 6.01. The highest BCUT2D eigenvalue weighted by Gasteiger charge is 2.36. The average molecular weight is 313 g/mol. The molecule has 1 fully saturated rings. The average Bonchev–Trinajstić information content (AvgIpc) is 2.95. The number of benzene rings is 1. The summed E-state index contributed by atoms with van der Waals surface area (Å²) in [6.07, 6.45) is 1.98. The number of rotatable bonds is 5. The molecule has 1 atom stereocenters. The van der Waals surface area contributed by atoms with E-state index in [1.807, 2.05) is 6.92 Å². The summed E-state index contributed by atoms with van der Waals surface area (Å²) in [5, 5.41) is 10.9. The summed E-state index contributed by atoms with van der Waals surface area (Å²) in [7, 11) is -3.75. The standard InChI is InChI=1S/C13H19N3O4S/c1-2-10-5-6-11(16(17)18)8-13(10)21(19,20)15-7-3-4-12(15)9-14/h5-6,8,12H,2-4,7,9,14H2,1H3. The number of nitrogens with zero attached hydrogens (tertiary/aromatic N) is 2. The molecule has 0 aliphatic carbocycles. The van der Waals surface area contributed by atoms with Gasteiger partial charge in [0.25, 0.3) is 5.69 Å². The van der Waals surface area contributed by atoms with E-state index in [0.29, 0.717) is 18.5 Å². The highest BCUT2D eigenvalue weighted by atomic mass is 32.2. The van der Waals surface area contributed by atoms with Crippen molar-refractivity contribution in [2.45, 2.75) is 37.1 Å². The van der Waals surface area contributed by atoms with Crippen LogP contribution in [0.4, 0.5) is 5.69 Å². The maximum Gasteiger partial charge on any atom is 0.270 e. The molecule has 21 heavy (non-hydrogen) atoms. The molecule has 1 saturated heterocycles. The SMILES string of the molecule is CCc1ccc([N+](=O)[O-])cc1S(=O)(=O)N1CCCC1CN. The zero-order chi connectivity index (χ0) is 15.6. The number of hydrogen-bond acceptors (Lipinski definition) is 5. The monoisotopic (exact) mass is 313 g/mol. The van der Waals surface area contributed by atoms with Crippen LogP contribution in [0.25, 0.3) is 0 Å². The number of hydrogen-bond donors (Lipinski definition) is 1. The van der Waals surface area contributed by atoms with Gasteiger partial charge in [-0.15, -0.1) is 0 Å². The molecule has 1 aliphatic heterocycles. The minimum Gasteiger partial charge on any atom is -0.329 e. The van der Waals surface area contributed by atoms with Crippen molar-refractivity contribution < 1.29 is 13.3 Å². The summed E-state index contributed by atoms with van der Waals surface area (Å²) >= 11 is 0. The van der Waals surface area contributed by atoms with E-state index < -0.39 is 14.9 Å². The van der Waals surface area contributed by atoms with Crippen molar-refractivity contribution in [2.24, 2.45) is 5.73 Å². The van der Waals surface area contributed by atoms with Crippen LogP contribution in [0.5, 0.6) is 0 Å². The minimum absolute atomic E-state index is 0.0274. The van der Waals surface area contributed by atoms with Gasteiger partial charge >= 0.3 is 0 Å². The molecule has 0 amide bonds. The Morgan fingerprint density at radius 3 is 2.76 bits per heavy atom. The van der Waals surface area contributed by atoms with Gasteiger partial charge in [-0.05, 0) is 24.8 Å². The van der Waals surface area contributed by atoms with Crippen molar-refractivity contribution in [3.05, 3.63) is 33.9 Å². The lowest BCUT2D eigenvalue weighted by Gasteiger charge is -2.23. The molecule has 8 heteroatoms. The van der Waals surface area contributed by atoms with E-state index >= 15 is 0 Å². The second-order valence-corrected chi connectivity index (χ2v) is 6.91. The number of non-ortho nitro benzene ring substituents is 1. The van der Waals surface area contributed by atoms with Crippen LogP contribution >= 0.6 is 0 Å². The molecule has 116 valence electrons. The third kappa shape index (κ3) is 2.92. The van der Waals surface area contributed by atoms with Crippen LogP contribution in [0.2, 0.25) is 0 Å². The second-order valence-electron chi connectivity index (χ2n) is 5.05. The summed E-state index contributed by atoms with van der Waals surface area (Å²) in [4.78, 5) is 10.3. The van der Waals surface area contributed by atoms with E-state index in [0.717, 1.165) is 18.9 Å².